The quantitative estimate of drug-likeness (QED) is 0.712. The monoisotopic (exact) mass is 412 g/mol. The fourth-order valence-corrected chi connectivity index (χ4v) is 5.58. The maximum Gasteiger partial charge on any atom is 0.223 e. The molecule has 1 heterocycles. The Hall–Kier alpha value is -1.11. The SMILES string of the molecule is CCCCS(=O)(=O)N1CCC(C(=O)NCC2(c3ccc(Cl)cc3)CC2)CC1. The lowest BCUT2D eigenvalue weighted by atomic mass is 9.94. The molecule has 1 aliphatic heterocycles. The number of benzene rings is 1. The van der Waals surface area contributed by atoms with Crippen LogP contribution in [0, 0.1) is 5.92 Å². The van der Waals surface area contributed by atoms with Crippen molar-refractivity contribution in [3.8, 4) is 0 Å². The molecule has 1 aromatic rings. The minimum Gasteiger partial charge on any atom is -0.355 e. The Morgan fingerprint density at radius 2 is 1.85 bits per heavy atom. The van der Waals surface area contributed by atoms with Crippen molar-refractivity contribution in [2.45, 2.75) is 50.9 Å². The molecule has 0 unspecified atom stereocenters. The van der Waals surface area contributed by atoms with Crippen molar-refractivity contribution >= 4 is 27.5 Å². The summed E-state index contributed by atoms with van der Waals surface area (Å²) in [7, 11) is -3.17. The molecule has 3 rings (SSSR count). The maximum atomic E-state index is 12.6. The number of carbonyl (C=O) groups is 1. The second-order valence-corrected chi connectivity index (χ2v) is 10.4. The van der Waals surface area contributed by atoms with Crippen LogP contribution in [0.2, 0.25) is 5.02 Å². The van der Waals surface area contributed by atoms with Crippen molar-refractivity contribution in [3.05, 3.63) is 34.9 Å². The highest BCUT2D eigenvalue weighted by Gasteiger charge is 2.44. The molecule has 1 saturated carbocycles. The van der Waals surface area contributed by atoms with Crippen molar-refractivity contribution in [1.29, 1.82) is 0 Å². The van der Waals surface area contributed by atoms with Crippen LogP contribution in [0.5, 0.6) is 0 Å². The van der Waals surface area contributed by atoms with Gasteiger partial charge in [-0.1, -0.05) is 37.1 Å². The summed E-state index contributed by atoms with van der Waals surface area (Å²) in [5, 5.41) is 3.84. The third kappa shape index (κ3) is 5.04. The number of hydrogen-bond donors (Lipinski definition) is 1. The number of amides is 1. The summed E-state index contributed by atoms with van der Waals surface area (Å²) < 4.78 is 26.1. The first-order valence-electron chi connectivity index (χ1n) is 9.88. The zero-order valence-electron chi connectivity index (χ0n) is 15.9. The van der Waals surface area contributed by atoms with E-state index in [1.165, 1.54) is 5.56 Å². The van der Waals surface area contributed by atoms with Gasteiger partial charge in [0.15, 0.2) is 0 Å². The lowest BCUT2D eigenvalue weighted by Crippen LogP contribution is -2.44. The van der Waals surface area contributed by atoms with Crippen LogP contribution in [0.1, 0.15) is 51.0 Å². The molecule has 1 saturated heterocycles. The van der Waals surface area contributed by atoms with Gasteiger partial charge in [0.1, 0.15) is 0 Å². The van der Waals surface area contributed by atoms with Gasteiger partial charge in [-0.05, 0) is 49.8 Å². The molecule has 0 radical (unpaired) electrons. The first-order valence-corrected chi connectivity index (χ1v) is 11.9. The molecule has 7 heteroatoms. The Balaban J connectivity index is 1.48. The van der Waals surface area contributed by atoms with Gasteiger partial charge in [0.25, 0.3) is 0 Å². The van der Waals surface area contributed by atoms with Gasteiger partial charge < -0.3 is 5.32 Å². The Kier molecular flexibility index (Phi) is 6.49. The van der Waals surface area contributed by atoms with Gasteiger partial charge in [0.05, 0.1) is 5.75 Å². The molecule has 1 aromatic carbocycles. The zero-order chi connectivity index (χ0) is 19.5. The molecule has 0 spiro atoms. The summed E-state index contributed by atoms with van der Waals surface area (Å²) in [6, 6.07) is 7.88. The van der Waals surface area contributed by atoms with Crippen LogP contribution in [0.15, 0.2) is 24.3 Å². The minimum absolute atomic E-state index is 0.0461. The first-order chi connectivity index (χ1) is 12.9. The zero-order valence-corrected chi connectivity index (χ0v) is 17.5. The van der Waals surface area contributed by atoms with E-state index in [1.54, 1.807) is 4.31 Å². The second-order valence-electron chi connectivity index (χ2n) is 7.85. The molecule has 150 valence electrons. The molecule has 1 N–H and O–H groups in total. The normalized spacial score (nSPS) is 20.4. The summed E-state index contributed by atoms with van der Waals surface area (Å²) >= 11 is 5.97. The van der Waals surface area contributed by atoms with Crippen molar-refractivity contribution in [1.82, 2.24) is 9.62 Å². The minimum atomic E-state index is -3.17. The fourth-order valence-electron chi connectivity index (χ4n) is 3.77. The molecule has 0 bridgehead atoms. The Morgan fingerprint density at radius 1 is 1.22 bits per heavy atom. The van der Waals surface area contributed by atoms with Crippen LogP contribution in [0.4, 0.5) is 0 Å². The van der Waals surface area contributed by atoms with Crippen LogP contribution < -0.4 is 5.32 Å². The predicted octanol–water partition coefficient (Wildman–Crippen LogP) is 3.33. The van der Waals surface area contributed by atoms with E-state index in [0.717, 1.165) is 24.3 Å². The molecule has 27 heavy (non-hydrogen) atoms. The van der Waals surface area contributed by atoms with Gasteiger partial charge in [-0.25, -0.2) is 12.7 Å². The highest BCUT2D eigenvalue weighted by molar-refractivity contribution is 7.89. The Labute approximate surface area is 167 Å². The van der Waals surface area contributed by atoms with Gasteiger partial charge in [-0.2, -0.15) is 0 Å². The second kappa shape index (κ2) is 8.50. The maximum absolute atomic E-state index is 12.6. The Bertz CT molecular complexity index is 752. The average Bonchev–Trinajstić information content (AvgIpc) is 3.46. The number of carbonyl (C=O) groups excluding carboxylic acids is 1. The molecule has 1 amide bonds. The van der Waals surface area contributed by atoms with E-state index in [4.69, 9.17) is 11.6 Å². The van der Waals surface area contributed by atoms with Gasteiger partial charge in [-0.3, -0.25) is 4.79 Å². The summed E-state index contributed by atoms with van der Waals surface area (Å²) in [6.07, 6.45) is 4.91. The molecule has 5 nitrogen and oxygen atoms in total. The standard InChI is InChI=1S/C20H29ClN2O3S/c1-2-3-14-27(25,26)23-12-8-16(9-13-23)19(24)22-15-20(10-11-20)17-4-6-18(21)7-5-17/h4-7,16H,2-3,8-15H2,1H3,(H,22,24). The number of unbranched alkanes of at least 4 members (excludes halogenated alkanes) is 1. The van der Waals surface area contributed by atoms with E-state index in [0.29, 0.717) is 38.9 Å². The molecule has 0 atom stereocenters. The van der Waals surface area contributed by atoms with Gasteiger partial charge in [-0.15, -0.1) is 0 Å². The fraction of sp³-hybridized carbons (Fsp3) is 0.650. The van der Waals surface area contributed by atoms with Gasteiger partial charge in [0.2, 0.25) is 15.9 Å². The van der Waals surface area contributed by atoms with E-state index in [2.05, 4.69) is 5.32 Å². The molecule has 2 aliphatic rings. The summed E-state index contributed by atoms with van der Waals surface area (Å²) in [5.74, 6) is 0.175. The number of nitrogens with one attached hydrogen (secondary N) is 1. The largest absolute Gasteiger partial charge is 0.355 e. The molecule has 2 fully saturated rings. The highest BCUT2D eigenvalue weighted by atomic mass is 35.5. The molecule has 0 aromatic heterocycles. The third-order valence-corrected chi connectivity index (χ3v) is 8.09. The first kappa shape index (κ1) is 20.6. The highest BCUT2D eigenvalue weighted by Crippen LogP contribution is 2.47. The molecular weight excluding hydrogens is 384 g/mol. The molecule has 1 aliphatic carbocycles. The van der Waals surface area contributed by atoms with Crippen LogP contribution in [0.25, 0.3) is 0 Å². The third-order valence-electron chi connectivity index (χ3n) is 5.89. The average molecular weight is 413 g/mol. The van der Waals surface area contributed by atoms with E-state index in [9.17, 15) is 13.2 Å². The lowest BCUT2D eigenvalue weighted by Gasteiger charge is -2.31. The van der Waals surface area contributed by atoms with E-state index < -0.39 is 10.0 Å². The topological polar surface area (TPSA) is 66.5 Å². The van der Waals surface area contributed by atoms with Gasteiger partial charge in [0, 0.05) is 36.0 Å². The van der Waals surface area contributed by atoms with Crippen molar-refractivity contribution in [3.63, 3.8) is 0 Å². The van der Waals surface area contributed by atoms with E-state index in [-0.39, 0.29) is 23.0 Å². The van der Waals surface area contributed by atoms with E-state index >= 15 is 0 Å². The number of piperidine rings is 1. The number of rotatable bonds is 8. The number of halogens is 1. The summed E-state index contributed by atoms with van der Waals surface area (Å²) in [6.45, 7) is 3.53. The smallest absolute Gasteiger partial charge is 0.223 e. The van der Waals surface area contributed by atoms with Crippen LogP contribution >= 0.6 is 11.6 Å². The lowest BCUT2D eigenvalue weighted by molar-refractivity contribution is -0.126. The van der Waals surface area contributed by atoms with Gasteiger partial charge >= 0.3 is 0 Å². The van der Waals surface area contributed by atoms with Crippen molar-refractivity contribution in [2.24, 2.45) is 5.92 Å². The number of sulfonamides is 1. The number of hydrogen-bond acceptors (Lipinski definition) is 3. The number of nitrogens with zero attached hydrogens (tertiary/aromatic N) is 1. The Morgan fingerprint density at radius 3 is 2.41 bits per heavy atom. The van der Waals surface area contributed by atoms with Crippen molar-refractivity contribution in [2.75, 3.05) is 25.4 Å². The molecular formula is C20H29ClN2O3S. The van der Waals surface area contributed by atoms with Crippen molar-refractivity contribution < 1.29 is 13.2 Å². The van der Waals surface area contributed by atoms with Crippen LogP contribution in [0.3, 0.4) is 0 Å². The summed E-state index contributed by atoms with van der Waals surface area (Å²) in [5.41, 5.74) is 1.27. The summed E-state index contributed by atoms with van der Waals surface area (Å²) in [4.78, 5) is 12.6. The predicted molar refractivity (Wildman–Crippen MR) is 108 cm³/mol. The van der Waals surface area contributed by atoms with Crippen LogP contribution in [-0.2, 0) is 20.2 Å². The van der Waals surface area contributed by atoms with Crippen LogP contribution in [-0.4, -0.2) is 44.0 Å². The van der Waals surface area contributed by atoms with E-state index in [1.807, 2.05) is 31.2 Å².